The zero-order valence-corrected chi connectivity index (χ0v) is 9.66. The molecule has 0 saturated carbocycles. The summed E-state index contributed by atoms with van der Waals surface area (Å²) in [4.78, 5) is 22.2. The molecule has 0 aromatic heterocycles. The predicted molar refractivity (Wildman–Crippen MR) is 61.2 cm³/mol. The highest BCUT2D eigenvalue weighted by Crippen LogP contribution is 2.18. The molecule has 0 aliphatic rings. The second-order valence-electron chi connectivity index (χ2n) is 3.59. The van der Waals surface area contributed by atoms with Gasteiger partial charge in [-0.3, -0.25) is 9.59 Å². The molecule has 1 amide bonds. The molecule has 0 unspecified atom stereocenters. The van der Waals surface area contributed by atoms with Crippen LogP contribution in [0, 0.1) is 6.92 Å². The van der Waals surface area contributed by atoms with E-state index < -0.39 is 0 Å². The zero-order valence-electron chi connectivity index (χ0n) is 9.66. The standard InChI is InChI=1S/C12H15NO3/c1-8-4-5-11(13-9(2)14)10(6-8)7-12(15)16-3/h4-6H,7H2,1-3H3,(H,13,14). The van der Waals surface area contributed by atoms with Gasteiger partial charge >= 0.3 is 5.97 Å². The number of esters is 1. The van der Waals surface area contributed by atoms with Gasteiger partial charge in [0.05, 0.1) is 13.5 Å². The van der Waals surface area contributed by atoms with E-state index in [9.17, 15) is 9.59 Å². The van der Waals surface area contributed by atoms with Gasteiger partial charge in [0.15, 0.2) is 0 Å². The van der Waals surface area contributed by atoms with Crippen molar-refractivity contribution in [2.24, 2.45) is 0 Å². The van der Waals surface area contributed by atoms with Gasteiger partial charge < -0.3 is 10.1 Å². The minimum absolute atomic E-state index is 0.157. The van der Waals surface area contributed by atoms with Crippen LogP contribution in [0.1, 0.15) is 18.1 Å². The number of rotatable bonds is 3. The molecule has 1 rings (SSSR count). The lowest BCUT2D eigenvalue weighted by atomic mass is 10.1. The number of aryl methyl sites for hydroxylation is 1. The van der Waals surface area contributed by atoms with Crippen molar-refractivity contribution in [2.75, 3.05) is 12.4 Å². The van der Waals surface area contributed by atoms with E-state index in [1.165, 1.54) is 14.0 Å². The predicted octanol–water partition coefficient (Wildman–Crippen LogP) is 1.67. The van der Waals surface area contributed by atoms with Crippen LogP contribution < -0.4 is 5.32 Å². The highest BCUT2D eigenvalue weighted by atomic mass is 16.5. The van der Waals surface area contributed by atoms with Gasteiger partial charge in [0.25, 0.3) is 0 Å². The van der Waals surface area contributed by atoms with E-state index in [4.69, 9.17) is 0 Å². The highest BCUT2D eigenvalue weighted by molar-refractivity contribution is 5.90. The van der Waals surface area contributed by atoms with Gasteiger partial charge in [-0.05, 0) is 18.6 Å². The Hall–Kier alpha value is -1.84. The van der Waals surface area contributed by atoms with E-state index in [2.05, 4.69) is 10.1 Å². The second-order valence-corrected chi connectivity index (χ2v) is 3.59. The Labute approximate surface area is 94.6 Å². The molecular weight excluding hydrogens is 206 g/mol. The Morgan fingerprint density at radius 2 is 2.06 bits per heavy atom. The molecule has 1 aromatic rings. The molecule has 86 valence electrons. The summed E-state index contributed by atoms with van der Waals surface area (Å²) < 4.78 is 4.60. The average Bonchev–Trinajstić information content (AvgIpc) is 2.21. The molecule has 0 saturated heterocycles. The van der Waals surface area contributed by atoms with E-state index in [0.29, 0.717) is 5.69 Å². The van der Waals surface area contributed by atoms with E-state index >= 15 is 0 Å². The molecule has 1 N–H and O–H groups in total. The van der Waals surface area contributed by atoms with Crippen LogP contribution in [0.2, 0.25) is 0 Å². The first-order valence-electron chi connectivity index (χ1n) is 4.97. The molecule has 0 atom stereocenters. The van der Waals surface area contributed by atoms with Crippen molar-refractivity contribution in [3.63, 3.8) is 0 Å². The maximum absolute atomic E-state index is 11.2. The molecule has 0 aliphatic heterocycles. The number of nitrogens with one attached hydrogen (secondary N) is 1. The van der Waals surface area contributed by atoms with E-state index in [-0.39, 0.29) is 18.3 Å². The number of benzene rings is 1. The number of hydrogen-bond donors (Lipinski definition) is 1. The van der Waals surface area contributed by atoms with Gasteiger partial charge in [-0.25, -0.2) is 0 Å². The first-order chi connectivity index (χ1) is 7.52. The SMILES string of the molecule is COC(=O)Cc1cc(C)ccc1NC(C)=O. The normalized spacial score (nSPS) is 9.69. The minimum atomic E-state index is -0.322. The average molecular weight is 221 g/mol. The molecule has 0 spiro atoms. The second kappa shape index (κ2) is 5.30. The van der Waals surface area contributed by atoms with Crippen molar-refractivity contribution in [1.82, 2.24) is 0 Å². The van der Waals surface area contributed by atoms with Crippen LogP contribution >= 0.6 is 0 Å². The number of methoxy groups -OCH3 is 1. The fraction of sp³-hybridized carbons (Fsp3) is 0.333. The lowest BCUT2D eigenvalue weighted by Crippen LogP contribution is -2.11. The van der Waals surface area contributed by atoms with Crippen molar-refractivity contribution in [3.05, 3.63) is 29.3 Å². The number of ether oxygens (including phenoxy) is 1. The van der Waals surface area contributed by atoms with Crippen LogP contribution in [-0.2, 0) is 20.7 Å². The number of amides is 1. The summed E-state index contributed by atoms with van der Waals surface area (Å²) in [5.74, 6) is -0.479. The van der Waals surface area contributed by atoms with Gasteiger partial charge in [0.1, 0.15) is 0 Å². The number of anilines is 1. The highest BCUT2D eigenvalue weighted by Gasteiger charge is 2.09. The Morgan fingerprint density at radius 1 is 1.38 bits per heavy atom. The topological polar surface area (TPSA) is 55.4 Å². The van der Waals surface area contributed by atoms with Crippen LogP contribution in [0.25, 0.3) is 0 Å². The Bertz CT molecular complexity index is 413. The maximum Gasteiger partial charge on any atom is 0.310 e. The summed E-state index contributed by atoms with van der Waals surface area (Å²) in [6, 6.07) is 5.53. The van der Waals surface area contributed by atoms with E-state index in [1.54, 1.807) is 6.07 Å². The van der Waals surface area contributed by atoms with Crippen molar-refractivity contribution in [2.45, 2.75) is 20.3 Å². The van der Waals surface area contributed by atoms with Gasteiger partial charge in [0.2, 0.25) is 5.91 Å². The summed E-state index contributed by atoms with van der Waals surface area (Å²) in [6.45, 7) is 3.36. The molecule has 0 heterocycles. The first kappa shape index (κ1) is 12.2. The first-order valence-corrected chi connectivity index (χ1v) is 4.97. The summed E-state index contributed by atoms with van der Waals surface area (Å²) in [5, 5.41) is 2.68. The van der Waals surface area contributed by atoms with Gasteiger partial charge in [-0.2, -0.15) is 0 Å². The van der Waals surface area contributed by atoms with Crippen LogP contribution in [0.4, 0.5) is 5.69 Å². The smallest absolute Gasteiger partial charge is 0.310 e. The van der Waals surface area contributed by atoms with E-state index in [0.717, 1.165) is 11.1 Å². The third kappa shape index (κ3) is 3.38. The zero-order chi connectivity index (χ0) is 12.1. The molecule has 1 aromatic carbocycles. The lowest BCUT2D eigenvalue weighted by Gasteiger charge is -2.09. The third-order valence-electron chi connectivity index (χ3n) is 2.13. The number of carbonyl (C=O) groups is 2. The molecule has 0 bridgehead atoms. The maximum atomic E-state index is 11.2. The quantitative estimate of drug-likeness (QED) is 0.790. The summed E-state index contributed by atoms with van der Waals surface area (Å²) >= 11 is 0. The fourth-order valence-corrected chi connectivity index (χ4v) is 1.41. The van der Waals surface area contributed by atoms with Crippen LogP contribution in [0.5, 0.6) is 0 Å². The van der Waals surface area contributed by atoms with Crippen molar-refractivity contribution in [1.29, 1.82) is 0 Å². The molecule has 4 nitrogen and oxygen atoms in total. The fourth-order valence-electron chi connectivity index (χ4n) is 1.41. The molecule has 16 heavy (non-hydrogen) atoms. The molecular formula is C12H15NO3. The minimum Gasteiger partial charge on any atom is -0.469 e. The Kier molecular flexibility index (Phi) is 4.05. The molecule has 0 fully saturated rings. The Morgan fingerprint density at radius 3 is 2.62 bits per heavy atom. The van der Waals surface area contributed by atoms with Crippen LogP contribution in [0.15, 0.2) is 18.2 Å². The third-order valence-corrected chi connectivity index (χ3v) is 2.13. The van der Waals surface area contributed by atoms with Gasteiger partial charge in [0, 0.05) is 12.6 Å². The summed E-state index contributed by atoms with van der Waals surface area (Å²) in [5.41, 5.74) is 2.46. The van der Waals surface area contributed by atoms with E-state index in [1.807, 2.05) is 19.1 Å². The van der Waals surface area contributed by atoms with Crippen molar-refractivity contribution >= 4 is 17.6 Å². The van der Waals surface area contributed by atoms with Crippen LogP contribution in [-0.4, -0.2) is 19.0 Å². The Balaban J connectivity index is 2.98. The van der Waals surface area contributed by atoms with Gasteiger partial charge in [-0.1, -0.05) is 17.7 Å². The molecule has 4 heteroatoms. The van der Waals surface area contributed by atoms with Crippen molar-refractivity contribution in [3.8, 4) is 0 Å². The monoisotopic (exact) mass is 221 g/mol. The molecule has 0 radical (unpaired) electrons. The lowest BCUT2D eigenvalue weighted by molar-refractivity contribution is -0.139. The summed E-state index contributed by atoms with van der Waals surface area (Å²) in [7, 11) is 1.34. The summed E-state index contributed by atoms with van der Waals surface area (Å²) in [6.07, 6.45) is 0.161. The largest absolute Gasteiger partial charge is 0.469 e. The van der Waals surface area contributed by atoms with Gasteiger partial charge in [-0.15, -0.1) is 0 Å². The molecule has 0 aliphatic carbocycles. The van der Waals surface area contributed by atoms with Crippen molar-refractivity contribution < 1.29 is 14.3 Å². The number of hydrogen-bond acceptors (Lipinski definition) is 3. The number of carbonyl (C=O) groups excluding carboxylic acids is 2. The van der Waals surface area contributed by atoms with Crippen LogP contribution in [0.3, 0.4) is 0 Å².